The SMILES string of the molecule is CC(C)CC(NC(=O)c1ccc2c(c1)nc(Cc1ccccc1)n2[C@H]1CCCCC1C)C(=O)O. The number of carbonyl (C=O) groups excluding carboxylic acids is 1. The van der Waals surface area contributed by atoms with E-state index in [1.165, 1.54) is 24.8 Å². The van der Waals surface area contributed by atoms with E-state index in [2.05, 4.69) is 28.9 Å². The number of nitrogens with zero attached hydrogens (tertiary/aromatic N) is 2. The molecule has 2 unspecified atom stereocenters. The minimum Gasteiger partial charge on any atom is -0.480 e. The summed E-state index contributed by atoms with van der Waals surface area (Å²) in [5.41, 5.74) is 3.47. The lowest BCUT2D eigenvalue weighted by molar-refractivity contribution is -0.139. The van der Waals surface area contributed by atoms with Crippen molar-refractivity contribution in [2.45, 2.75) is 71.4 Å². The minimum atomic E-state index is -1.01. The number of carboxylic acids is 1. The molecule has 1 aliphatic rings. The number of nitrogens with one attached hydrogen (secondary N) is 1. The summed E-state index contributed by atoms with van der Waals surface area (Å²) in [4.78, 5) is 29.5. The van der Waals surface area contributed by atoms with Crippen molar-refractivity contribution in [2.75, 3.05) is 0 Å². The van der Waals surface area contributed by atoms with Gasteiger partial charge >= 0.3 is 5.97 Å². The van der Waals surface area contributed by atoms with Crippen molar-refractivity contribution in [3.8, 4) is 0 Å². The Kier molecular flexibility index (Phi) is 7.35. The second-order valence-electron chi connectivity index (χ2n) is 10.1. The normalized spacial score (nSPS) is 19.3. The molecular formula is C28H35N3O3. The summed E-state index contributed by atoms with van der Waals surface area (Å²) in [7, 11) is 0. The standard InChI is InChI=1S/C28H35N3O3/c1-18(2)15-23(28(33)34)30-27(32)21-13-14-25-22(17-21)29-26(16-20-10-5-4-6-11-20)31(25)24-12-8-7-9-19(24)3/h4-6,10-11,13-14,17-19,23-24H,7-9,12,15-16H2,1-3H3,(H,30,32)(H,33,34)/t19?,23?,24-/m0/s1. The molecule has 4 rings (SSSR count). The van der Waals surface area contributed by atoms with Crippen molar-refractivity contribution >= 4 is 22.9 Å². The van der Waals surface area contributed by atoms with Gasteiger partial charge in [0.1, 0.15) is 11.9 Å². The summed E-state index contributed by atoms with van der Waals surface area (Å²) in [6, 6.07) is 15.4. The van der Waals surface area contributed by atoms with Crippen LogP contribution in [0.25, 0.3) is 11.0 Å². The van der Waals surface area contributed by atoms with Crippen LogP contribution >= 0.6 is 0 Å². The fraction of sp³-hybridized carbons (Fsp3) is 0.464. The molecule has 1 fully saturated rings. The van der Waals surface area contributed by atoms with Gasteiger partial charge in [-0.05, 0) is 54.9 Å². The fourth-order valence-corrected chi connectivity index (χ4v) is 5.18. The molecule has 0 aliphatic heterocycles. The Hall–Kier alpha value is -3.15. The number of aliphatic carboxylic acids is 1. The average Bonchev–Trinajstić information content (AvgIpc) is 3.16. The predicted molar refractivity (Wildman–Crippen MR) is 134 cm³/mol. The average molecular weight is 462 g/mol. The van der Waals surface area contributed by atoms with E-state index in [-0.39, 0.29) is 11.8 Å². The highest BCUT2D eigenvalue weighted by Gasteiger charge is 2.28. The van der Waals surface area contributed by atoms with Gasteiger partial charge in [-0.15, -0.1) is 0 Å². The molecule has 0 spiro atoms. The number of rotatable bonds is 8. The highest BCUT2D eigenvalue weighted by molar-refractivity contribution is 5.99. The number of aromatic nitrogens is 2. The number of carbonyl (C=O) groups is 2. The minimum absolute atomic E-state index is 0.164. The zero-order valence-corrected chi connectivity index (χ0v) is 20.3. The maximum Gasteiger partial charge on any atom is 0.326 e. The third-order valence-corrected chi connectivity index (χ3v) is 6.94. The zero-order valence-electron chi connectivity index (χ0n) is 20.3. The van der Waals surface area contributed by atoms with E-state index in [0.29, 0.717) is 23.9 Å². The first-order valence-corrected chi connectivity index (χ1v) is 12.4. The van der Waals surface area contributed by atoms with Crippen molar-refractivity contribution in [1.82, 2.24) is 14.9 Å². The van der Waals surface area contributed by atoms with Crippen LogP contribution in [0.3, 0.4) is 0 Å². The third-order valence-electron chi connectivity index (χ3n) is 6.94. The number of carboxylic acid groups (broad SMARTS) is 1. The first kappa shape index (κ1) is 24.0. The van der Waals surface area contributed by atoms with E-state index >= 15 is 0 Å². The topological polar surface area (TPSA) is 84.2 Å². The number of fused-ring (bicyclic) bond motifs is 1. The van der Waals surface area contributed by atoms with Crippen LogP contribution in [0, 0.1) is 11.8 Å². The molecule has 1 amide bonds. The molecule has 1 aliphatic carbocycles. The van der Waals surface area contributed by atoms with Crippen LogP contribution in [0.5, 0.6) is 0 Å². The molecule has 0 bridgehead atoms. The third kappa shape index (κ3) is 5.32. The van der Waals surface area contributed by atoms with E-state index < -0.39 is 12.0 Å². The number of amides is 1. The smallest absolute Gasteiger partial charge is 0.326 e. The number of imidazole rings is 1. The Balaban J connectivity index is 1.69. The van der Waals surface area contributed by atoms with Gasteiger partial charge in [0.05, 0.1) is 11.0 Å². The molecule has 3 aromatic rings. The summed E-state index contributed by atoms with van der Waals surface area (Å²) in [6.45, 7) is 6.22. The van der Waals surface area contributed by atoms with E-state index in [1.807, 2.05) is 38.1 Å². The van der Waals surface area contributed by atoms with Gasteiger partial charge in [-0.3, -0.25) is 4.79 Å². The lowest BCUT2D eigenvalue weighted by Crippen LogP contribution is -2.41. The first-order chi connectivity index (χ1) is 16.3. The van der Waals surface area contributed by atoms with E-state index in [0.717, 1.165) is 29.7 Å². The second kappa shape index (κ2) is 10.4. The molecule has 3 atom stereocenters. The van der Waals surface area contributed by atoms with Crippen LogP contribution in [0.1, 0.15) is 80.7 Å². The van der Waals surface area contributed by atoms with Gasteiger partial charge in [-0.25, -0.2) is 9.78 Å². The van der Waals surface area contributed by atoms with Crippen molar-refractivity contribution in [2.24, 2.45) is 11.8 Å². The molecule has 2 aromatic carbocycles. The van der Waals surface area contributed by atoms with Crippen molar-refractivity contribution < 1.29 is 14.7 Å². The van der Waals surface area contributed by atoms with Crippen LogP contribution in [0.15, 0.2) is 48.5 Å². The molecular weight excluding hydrogens is 426 g/mol. The maximum atomic E-state index is 12.9. The van der Waals surface area contributed by atoms with Crippen molar-refractivity contribution in [1.29, 1.82) is 0 Å². The molecule has 34 heavy (non-hydrogen) atoms. The molecule has 0 radical (unpaired) electrons. The largest absolute Gasteiger partial charge is 0.480 e. The highest BCUT2D eigenvalue weighted by atomic mass is 16.4. The highest BCUT2D eigenvalue weighted by Crippen LogP contribution is 2.37. The van der Waals surface area contributed by atoms with Gasteiger partial charge in [0.15, 0.2) is 0 Å². The van der Waals surface area contributed by atoms with Crippen LogP contribution in [0.4, 0.5) is 0 Å². The van der Waals surface area contributed by atoms with E-state index in [9.17, 15) is 14.7 Å². The molecule has 1 heterocycles. The Morgan fingerprint density at radius 2 is 1.85 bits per heavy atom. The molecule has 1 aromatic heterocycles. The predicted octanol–water partition coefficient (Wildman–Crippen LogP) is 5.61. The molecule has 2 N–H and O–H groups in total. The zero-order chi connectivity index (χ0) is 24.2. The molecule has 6 heteroatoms. The van der Waals surface area contributed by atoms with Gasteiger partial charge in [-0.2, -0.15) is 0 Å². The molecule has 0 saturated heterocycles. The van der Waals surface area contributed by atoms with Crippen molar-refractivity contribution in [3.63, 3.8) is 0 Å². The summed E-state index contributed by atoms with van der Waals surface area (Å²) in [6.07, 6.45) is 5.94. The van der Waals surface area contributed by atoms with E-state index in [1.54, 1.807) is 12.1 Å². The molecule has 6 nitrogen and oxygen atoms in total. The summed E-state index contributed by atoms with van der Waals surface area (Å²) < 4.78 is 2.40. The van der Waals surface area contributed by atoms with Crippen LogP contribution < -0.4 is 5.32 Å². The number of hydrogen-bond acceptors (Lipinski definition) is 3. The monoisotopic (exact) mass is 461 g/mol. The molecule has 180 valence electrons. The Labute approximate surface area is 201 Å². The summed E-state index contributed by atoms with van der Waals surface area (Å²) in [5, 5.41) is 12.2. The van der Waals surface area contributed by atoms with Gasteiger partial charge in [0.2, 0.25) is 0 Å². The fourth-order valence-electron chi connectivity index (χ4n) is 5.18. The maximum absolute atomic E-state index is 12.9. The number of benzene rings is 2. The van der Waals surface area contributed by atoms with Crippen molar-refractivity contribution in [3.05, 3.63) is 65.5 Å². The van der Waals surface area contributed by atoms with Gasteiger partial charge in [0.25, 0.3) is 5.91 Å². The van der Waals surface area contributed by atoms with Gasteiger partial charge < -0.3 is 15.0 Å². The van der Waals surface area contributed by atoms with E-state index in [4.69, 9.17) is 4.98 Å². The van der Waals surface area contributed by atoms with Crippen LogP contribution in [-0.4, -0.2) is 32.6 Å². The summed E-state index contributed by atoms with van der Waals surface area (Å²) in [5.74, 6) is 0.360. The molecule has 1 saturated carbocycles. The van der Waals surface area contributed by atoms with Gasteiger partial charge in [-0.1, -0.05) is 63.9 Å². The Morgan fingerprint density at radius 3 is 2.53 bits per heavy atom. The first-order valence-electron chi connectivity index (χ1n) is 12.4. The van der Waals surface area contributed by atoms with Gasteiger partial charge in [0, 0.05) is 18.0 Å². The second-order valence-corrected chi connectivity index (χ2v) is 10.1. The number of hydrogen-bond donors (Lipinski definition) is 2. The lowest BCUT2D eigenvalue weighted by atomic mass is 9.85. The quantitative estimate of drug-likeness (QED) is 0.457. The van der Waals surface area contributed by atoms with Crippen LogP contribution in [0.2, 0.25) is 0 Å². The Morgan fingerprint density at radius 1 is 1.12 bits per heavy atom. The van der Waals surface area contributed by atoms with Crippen LogP contribution in [-0.2, 0) is 11.2 Å². The Bertz CT molecular complexity index is 1150. The lowest BCUT2D eigenvalue weighted by Gasteiger charge is -2.31. The summed E-state index contributed by atoms with van der Waals surface area (Å²) >= 11 is 0.